The third-order valence-corrected chi connectivity index (χ3v) is 6.99. The van der Waals surface area contributed by atoms with Crippen LogP contribution in [0.25, 0.3) is 10.2 Å². The quantitative estimate of drug-likeness (QED) is 0.639. The van der Waals surface area contributed by atoms with Crippen molar-refractivity contribution in [2.24, 2.45) is 5.92 Å². The maximum absolute atomic E-state index is 13.1. The van der Waals surface area contributed by atoms with Crippen molar-refractivity contribution in [1.29, 1.82) is 0 Å². The van der Waals surface area contributed by atoms with Crippen molar-refractivity contribution in [2.45, 2.75) is 33.2 Å². The molecule has 4 rings (SSSR count). The molecule has 1 aliphatic heterocycles. The molecule has 1 saturated heterocycles. The average molecular weight is 455 g/mol. The number of hydrogen-bond donors (Lipinski definition) is 1. The number of anilines is 1. The number of para-hydroxylation sites is 2. The van der Waals surface area contributed by atoms with Gasteiger partial charge in [-0.15, -0.1) is 11.3 Å². The molecule has 0 aliphatic carbocycles. The lowest BCUT2D eigenvalue weighted by atomic mass is 10.0. The molecular formula is C23H26N4O4S. The van der Waals surface area contributed by atoms with Gasteiger partial charge in [0.2, 0.25) is 5.91 Å². The molecule has 1 atom stereocenters. The van der Waals surface area contributed by atoms with Gasteiger partial charge in [-0.3, -0.25) is 19.0 Å². The van der Waals surface area contributed by atoms with Crippen LogP contribution in [-0.4, -0.2) is 46.5 Å². The van der Waals surface area contributed by atoms with Crippen molar-refractivity contribution in [3.8, 4) is 5.75 Å². The highest BCUT2D eigenvalue weighted by molar-refractivity contribution is 7.20. The van der Waals surface area contributed by atoms with E-state index in [0.717, 1.165) is 30.7 Å². The van der Waals surface area contributed by atoms with Crippen LogP contribution >= 0.6 is 11.3 Å². The summed E-state index contributed by atoms with van der Waals surface area (Å²) in [4.78, 5) is 45.9. The largest absolute Gasteiger partial charge is 0.495 e. The van der Waals surface area contributed by atoms with E-state index in [1.54, 1.807) is 25.1 Å². The summed E-state index contributed by atoms with van der Waals surface area (Å²) in [5.74, 6) is 0.597. The van der Waals surface area contributed by atoms with Gasteiger partial charge in [0, 0.05) is 13.1 Å². The number of thiophene rings is 1. The maximum atomic E-state index is 13.1. The van der Waals surface area contributed by atoms with Crippen molar-refractivity contribution < 1.29 is 14.3 Å². The lowest BCUT2D eigenvalue weighted by molar-refractivity contribution is -0.133. The molecule has 2 amide bonds. The molecule has 0 unspecified atom stereocenters. The minimum atomic E-state index is -0.334. The van der Waals surface area contributed by atoms with Gasteiger partial charge in [0.05, 0.1) is 29.4 Å². The van der Waals surface area contributed by atoms with Crippen molar-refractivity contribution in [2.75, 3.05) is 25.5 Å². The van der Waals surface area contributed by atoms with Crippen molar-refractivity contribution >= 4 is 39.1 Å². The highest BCUT2D eigenvalue weighted by Gasteiger charge is 2.24. The number of aryl methyl sites for hydroxylation is 1. The Balaban J connectivity index is 1.60. The van der Waals surface area contributed by atoms with Gasteiger partial charge in [0.1, 0.15) is 17.1 Å². The van der Waals surface area contributed by atoms with Crippen LogP contribution in [0.2, 0.25) is 0 Å². The van der Waals surface area contributed by atoms with Crippen LogP contribution in [0.1, 0.15) is 35.0 Å². The van der Waals surface area contributed by atoms with Crippen LogP contribution in [0.4, 0.5) is 5.69 Å². The van der Waals surface area contributed by atoms with E-state index in [0.29, 0.717) is 44.6 Å². The first-order valence-corrected chi connectivity index (χ1v) is 11.4. The zero-order chi connectivity index (χ0) is 22.8. The van der Waals surface area contributed by atoms with Gasteiger partial charge in [-0.05, 0) is 43.4 Å². The Morgan fingerprint density at radius 1 is 1.31 bits per heavy atom. The van der Waals surface area contributed by atoms with Crippen LogP contribution < -0.4 is 15.6 Å². The average Bonchev–Trinajstić information content (AvgIpc) is 3.13. The summed E-state index contributed by atoms with van der Waals surface area (Å²) >= 11 is 1.16. The van der Waals surface area contributed by atoms with E-state index in [1.165, 1.54) is 18.0 Å². The van der Waals surface area contributed by atoms with E-state index < -0.39 is 0 Å². The van der Waals surface area contributed by atoms with Crippen molar-refractivity contribution in [3.63, 3.8) is 0 Å². The van der Waals surface area contributed by atoms with Crippen molar-refractivity contribution in [1.82, 2.24) is 14.5 Å². The Morgan fingerprint density at radius 3 is 2.84 bits per heavy atom. The fraction of sp³-hybridized carbons (Fsp3) is 0.391. The molecule has 0 radical (unpaired) electrons. The molecule has 1 N–H and O–H groups in total. The highest BCUT2D eigenvalue weighted by Crippen LogP contribution is 2.29. The van der Waals surface area contributed by atoms with Gasteiger partial charge in [-0.1, -0.05) is 19.1 Å². The smallest absolute Gasteiger partial charge is 0.266 e. The van der Waals surface area contributed by atoms with Gasteiger partial charge in [-0.25, -0.2) is 4.98 Å². The SMILES string of the molecule is COc1ccccc1NC(=O)c1sc2ncn(CC(=O)N3CCC[C@H](C)C3)c(=O)c2c1C. The number of hydrogen-bond acceptors (Lipinski definition) is 6. The standard InChI is InChI=1S/C23H26N4O4S/c1-14-7-6-10-26(11-14)18(28)12-27-13-24-22-19(23(27)30)15(2)20(32-22)21(29)25-16-8-4-5-9-17(16)31-3/h4-5,8-9,13-14H,6-7,10-12H2,1-3H3,(H,25,29)/t14-/m0/s1. The van der Waals surface area contributed by atoms with E-state index in [2.05, 4.69) is 17.2 Å². The Bertz CT molecular complexity index is 1230. The van der Waals surface area contributed by atoms with E-state index in [9.17, 15) is 14.4 Å². The number of aromatic nitrogens is 2. The molecule has 0 saturated carbocycles. The fourth-order valence-electron chi connectivity index (χ4n) is 4.08. The van der Waals surface area contributed by atoms with Crippen LogP contribution in [0.15, 0.2) is 35.4 Å². The predicted octanol–water partition coefficient (Wildman–Crippen LogP) is 3.29. The molecule has 8 nitrogen and oxygen atoms in total. The summed E-state index contributed by atoms with van der Waals surface area (Å²) in [7, 11) is 1.54. The topological polar surface area (TPSA) is 93.5 Å². The van der Waals surface area contributed by atoms with E-state index in [1.807, 2.05) is 11.0 Å². The van der Waals surface area contributed by atoms with Gasteiger partial charge in [0.15, 0.2) is 0 Å². The van der Waals surface area contributed by atoms with E-state index in [-0.39, 0.29) is 23.9 Å². The third kappa shape index (κ3) is 4.25. The summed E-state index contributed by atoms with van der Waals surface area (Å²) in [6.45, 7) is 5.25. The summed E-state index contributed by atoms with van der Waals surface area (Å²) in [5, 5.41) is 3.22. The zero-order valence-corrected chi connectivity index (χ0v) is 19.2. The number of fused-ring (bicyclic) bond motifs is 1. The second-order valence-electron chi connectivity index (χ2n) is 8.16. The normalized spacial score (nSPS) is 16.2. The zero-order valence-electron chi connectivity index (χ0n) is 18.4. The minimum absolute atomic E-state index is 0.0491. The van der Waals surface area contributed by atoms with Crippen LogP contribution in [0, 0.1) is 12.8 Å². The fourth-order valence-corrected chi connectivity index (χ4v) is 5.11. The molecule has 9 heteroatoms. The molecule has 1 aromatic carbocycles. The minimum Gasteiger partial charge on any atom is -0.495 e. The first kappa shape index (κ1) is 22.0. The molecule has 0 bridgehead atoms. The lowest BCUT2D eigenvalue weighted by Crippen LogP contribution is -2.42. The van der Waals surface area contributed by atoms with Crippen molar-refractivity contribution in [3.05, 3.63) is 51.4 Å². The number of carbonyl (C=O) groups excluding carboxylic acids is 2. The number of ether oxygens (including phenoxy) is 1. The van der Waals surface area contributed by atoms with Crippen LogP contribution in [-0.2, 0) is 11.3 Å². The number of amides is 2. The Morgan fingerprint density at radius 2 is 2.09 bits per heavy atom. The molecule has 32 heavy (non-hydrogen) atoms. The number of likely N-dealkylation sites (tertiary alicyclic amines) is 1. The number of carbonyl (C=O) groups is 2. The Kier molecular flexibility index (Phi) is 6.27. The monoisotopic (exact) mass is 454 g/mol. The van der Waals surface area contributed by atoms with Gasteiger partial charge >= 0.3 is 0 Å². The van der Waals surface area contributed by atoms with E-state index >= 15 is 0 Å². The maximum Gasteiger partial charge on any atom is 0.266 e. The summed E-state index contributed by atoms with van der Waals surface area (Å²) in [6.07, 6.45) is 3.49. The Labute approximate surface area is 189 Å². The second-order valence-corrected chi connectivity index (χ2v) is 9.15. The summed E-state index contributed by atoms with van der Waals surface area (Å²) in [6, 6.07) is 7.12. The molecule has 1 fully saturated rings. The number of methoxy groups -OCH3 is 1. The molecule has 1 aliphatic rings. The number of nitrogens with one attached hydrogen (secondary N) is 1. The first-order valence-electron chi connectivity index (χ1n) is 10.6. The summed E-state index contributed by atoms with van der Waals surface area (Å²) in [5.41, 5.74) is 0.797. The van der Waals surface area contributed by atoms with Gasteiger partial charge in [0.25, 0.3) is 11.5 Å². The third-order valence-electron chi connectivity index (χ3n) is 5.79. The summed E-state index contributed by atoms with van der Waals surface area (Å²) < 4.78 is 6.63. The predicted molar refractivity (Wildman–Crippen MR) is 125 cm³/mol. The molecule has 0 spiro atoms. The van der Waals surface area contributed by atoms with Crippen LogP contribution in [0.5, 0.6) is 5.75 Å². The highest BCUT2D eigenvalue weighted by atomic mass is 32.1. The van der Waals surface area contributed by atoms with Crippen LogP contribution in [0.3, 0.4) is 0 Å². The van der Waals surface area contributed by atoms with Gasteiger partial charge in [-0.2, -0.15) is 0 Å². The molecule has 3 heterocycles. The molecule has 168 valence electrons. The Hall–Kier alpha value is -3.20. The number of rotatable bonds is 5. The number of piperidine rings is 1. The van der Waals surface area contributed by atoms with Gasteiger partial charge < -0.3 is 15.0 Å². The lowest BCUT2D eigenvalue weighted by Gasteiger charge is -2.31. The number of benzene rings is 1. The molecule has 2 aromatic heterocycles. The second kappa shape index (κ2) is 9.12. The van der Waals surface area contributed by atoms with E-state index in [4.69, 9.17) is 4.74 Å². The molecular weight excluding hydrogens is 428 g/mol. The molecule has 3 aromatic rings. The number of nitrogens with zero attached hydrogens (tertiary/aromatic N) is 3. The first-order chi connectivity index (χ1) is 15.4.